The Hall–Kier alpha value is -2.35. The van der Waals surface area contributed by atoms with Crippen LogP contribution in [-0.2, 0) is 16.4 Å². The second kappa shape index (κ2) is 8.34. The molecule has 0 spiro atoms. The third-order valence-electron chi connectivity index (χ3n) is 5.02. The molecule has 0 N–H and O–H groups in total. The molecular weight excluding hydrogens is 380 g/mol. The van der Waals surface area contributed by atoms with Crippen molar-refractivity contribution in [2.75, 3.05) is 18.1 Å². The highest BCUT2D eigenvalue weighted by atomic mass is 32.2. The first kappa shape index (κ1) is 20.4. The molecule has 1 saturated heterocycles. The van der Waals surface area contributed by atoms with Crippen LogP contribution in [0.3, 0.4) is 0 Å². The van der Waals surface area contributed by atoms with Crippen molar-refractivity contribution < 1.29 is 22.5 Å². The molecule has 1 aliphatic heterocycles. The van der Waals surface area contributed by atoms with Crippen LogP contribution in [-0.4, -0.2) is 48.5 Å². The predicted molar refractivity (Wildman–Crippen MR) is 105 cm³/mol. The maximum atomic E-state index is 13.1. The zero-order chi connectivity index (χ0) is 20.3. The van der Waals surface area contributed by atoms with E-state index in [0.717, 1.165) is 17.7 Å². The van der Waals surface area contributed by atoms with E-state index in [1.165, 1.54) is 0 Å². The van der Waals surface area contributed by atoms with E-state index in [1.807, 2.05) is 20.8 Å². The van der Waals surface area contributed by atoms with Gasteiger partial charge < -0.3 is 14.2 Å². The van der Waals surface area contributed by atoms with Crippen molar-refractivity contribution in [3.63, 3.8) is 0 Å². The number of ether oxygens (including phenoxy) is 1. The minimum atomic E-state index is -3.06. The molecule has 2 heterocycles. The number of hydrogen-bond donors (Lipinski definition) is 0. The van der Waals surface area contributed by atoms with Gasteiger partial charge in [-0.05, 0) is 44.9 Å². The maximum Gasteiger partial charge on any atom is 0.254 e. The molecule has 0 saturated carbocycles. The molecule has 28 heavy (non-hydrogen) atoms. The number of hydrogen-bond acceptors (Lipinski definition) is 6. The molecule has 1 aromatic heterocycles. The molecule has 0 aliphatic carbocycles. The summed E-state index contributed by atoms with van der Waals surface area (Å²) in [6, 6.07) is 6.73. The fraction of sp³-hybridized carbons (Fsp3) is 0.500. The van der Waals surface area contributed by atoms with Gasteiger partial charge in [-0.1, -0.05) is 18.1 Å². The van der Waals surface area contributed by atoms with Crippen LogP contribution in [0.5, 0.6) is 5.75 Å². The van der Waals surface area contributed by atoms with Crippen LogP contribution in [0.25, 0.3) is 0 Å². The van der Waals surface area contributed by atoms with Gasteiger partial charge >= 0.3 is 0 Å². The summed E-state index contributed by atoms with van der Waals surface area (Å²) in [4.78, 5) is 14.8. The number of aromatic nitrogens is 1. The van der Waals surface area contributed by atoms with Gasteiger partial charge in [0.25, 0.3) is 5.91 Å². The molecule has 2 aromatic rings. The Bertz CT molecular complexity index is 932. The molecule has 1 fully saturated rings. The Morgan fingerprint density at radius 3 is 2.75 bits per heavy atom. The smallest absolute Gasteiger partial charge is 0.254 e. The number of benzene rings is 1. The largest absolute Gasteiger partial charge is 0.489 e. The number of aryl methyl sites for hydroxylation is 2. The first-order valence-corrected chi connectivity index (χ1v) is 11.3. The second-order valence-electron chi connectivity index (χ2n) is 7.17. The zero-order valence-corrected chi connectivity index (χ0v) is 17.3. The van der Waals surface area contributed by atoms with Crippen molar-refractivity contribution in [1.82, 2.24) is 10.1 Å². The average molecular weight is 407 g/mol. The summed E-state index contributed by atoms with van der Waals surface area (Å²) >= 11 is 0. The van der Waals surface area contributed by atoms with E-state index < -0.39 is 9.84 Å². The van der Waals surface area contributed by atoms with Crippen LogP contribution in [0, 0.1) is 13.8 Å². The average Bonchev–Trinajstić information content (AvgIpc) is 3.19. The van der Waals surface area contributed by atoms with Gasteiger partial charge in [0, 0.05) is 18.2 Å². The standard InChI is InChI=1S/C20H26N2O5S/c1-4-9-22(17-8-10-28(24,25)13-17)20(23)16-6-5-7-18(11-16)26-12-19-14(2)21-27-15(19)3/h5-7,11,17H,4,8-10,12-13H2,1-3H3. The van der Waals surface area contributed by atoms with Gasteiger partial charge in [-0.3, -0.25) is 4.79 Å². The summed E-state index contributed by atoms with van der Waals surface area (Å²) in [7, 11) is -3.06. The number of rotatable bonds is 7. The molecule has 8 heteroatoms. The lowest BCUT2D eigenvalue weighted by atomic mass is 10.1. The zero-order valence-electron chi connectivity index (χ0n) is 16.5. The van der Waals surface area contributed by atoms with E-state index in [2.05, 4.69) is 5.16 Å². The van der Waals surface area contributed by atoms with Crippen molar-refractivity contribution >= 4 is 15.7 Å². The number of amides is 1. The van der Waals surface area contributed by atoms with E-state index in [1.54, 1.807) is 29.2 Å². The predicted octanol–water partition coefficient (Wildman–Crippen LogP) is 2.91. The van der Waals surface area contributed by atoms with E-state index in [-0.39, 0.29) is 23.5 Å². The number of carbonyl (C=O) groups excluding carboxylic acids is 1. The number of nitrogens with zero attached hydrogens (tertiary/aromatic N) is 2. The van der Waals surface area contributed by atoms with Gasteiger partial charge in [0.1, 0.15) is 18.1 Å². The maximum absolute atomic E-state index is 13.1. The quantitative estimate of drug-likeness (QED) is 0.702. The highest BCUT2D eigenvalue weighted by molar-refractivity contribution is 7.91. The fourth-order valence-electron chi connectivity index (χ4n) is 3.46. The summed E-state index contributed by atoms with van der Waals surface area (Å²) in [6.45, 7) is 6.50. The summed E-state index contributed by atoms with van der Waals surface area (Å²) < 4.78 is 34.7. The first-order valence-electron chi connectivity index (χ1n) is 9.46. The Morgan fingerprint density at radius 2 is 2.14 bits per heavy atom. The lowest BCUT2D eigenvalue weighted by molar-refractivity contribution is 0.0696. The SMILES string of the molecule is CCCN(C(=O)c1cccc(OCc2c(C)noc2C)c1)C1CCS(=O)(=O)C1. The van der Waals surface area contributed by atoms with Crippen LogP contribution in [0.15, 0.2) is 28.8 Å². The van der Waals surface area contributed by atoms with Gasteiger partial charge in [-0.15, -0.1) is 0 Å². The summed E-state index contributed by atoms with van der Waals surface area (Å²) in [6.07, 6.45) is 1.26. The highest BCUT2D eigenvalue weighted by Crippen LogP contribution is 2.23. The molecule has 1 atom stereocenters. The molecule has 1 unspecified atom stereocenters. The second-order valence-corrected chi connectivity index (χ2v) is 9.40. The van der Waals surface area contributed by atoms with E-state index in [0.29, 0.717) is 36.6 Å². The lowest BCUT2D eigenvalue weighted by Gasteiger charge is -2.28. The molecule has 152 valence electrons. The summed E-state index contributed by atoms with van der Waals surface area (Å²) in [5.41, 5.74) is 2.16. The third-order valence-corrected chi connectivity index (χ3v) is 6.77. The fourth-order valence-corrected chi connectivity index (χ4v) is 5.19. The molecule has 0 bridgehead atoms. The van der Waals surface area contributed by atoms with Crippen molar-refractivity contribution in [3.05, 3.63) is 46.8 Å². The molecule has 0 radical (unpaired) electrons. The molecule has 1 amide bonds. The summed E-state index contributed by atoms with van der Waals surface area (Å²) in [5.74, 6) is 1.31. The lowest BCUT2D eigenvalue weighted by Crippen LogP contribution is -2.41. The molecular formula is C20H26N2O5S. The monoisotopic (exact) mass is 406 g/mol. The highest BCUT2D eigenvalue weighted by Gasteiger charge is 2.34. The van der Waals surface area contributed by atoms with Gasteiger partial charge in [0.15, 0.2) is 9.84 Å². The van der Waals surface area contributed by atoms with Gasteiger partial charge in [0.05, 0.1) is 22.8 Å². The minimum Gasteiger partial charge on any atom is -0.489 e. The van der Waals surface area contributed by atoms with Crippen molar-refractivity contribution in [2.45, 2.75) is 46.3 Å². The van der Waals surface area contributed by atoms with Crippen LogP contribution < -0.4 is 4.74 Å². The Morgan fingerprint density at radius 1 is 1.36 bits per heavy atom. The van der Waals surface area contributed by atoms with Crippen molar-refractivity contribution in [1.29, 1.82) is 0 Å². The topological polar surface area (TPSA) is 89.7 Å². The van der Waals surface area contributed by atoms with E-state index in [9.17, 15) is 13.2 Å². The molecule has 3 rings (SSSR count). The molecule has 7 nitrogen and oxygen atoms in total. The Kier molecular flexibility index (Phi) is 6.07. The van der Waals surface area contributed by atoms with Gasteiger partial charge in [0.2, 0.25) is 0 Å². The van der Waals surface area contributed by atoms with Gasteiger partial charge in [-0.2, -0.15) is 0 Å². The van der Waals surface area contributed by atoms with Crippen molar-refractivity contribution in [3.8, 4) is 5.75 Å². The van der Waals surface area contributed by atoms with Crippen LogP contribution in [0.4, 0.5) is 0 Å². The van der Waals surface area contributed by atoms with Gasteiger partial charge in [-0.25, -0.2) is 8.42 Å². The molecule has 1 aliphatic rings. The van der Waals surface area contributed by atoms with E-state index >= 15 is 0 Å². The van der Waals surface area contributed by atoms with Crippen LogP contribution in [0.1, 0.15) is 47.1 Å². The Labute approximate surface area is 165 Å². The number of carbonyl (C=O) groups is 1. The normalized spacial score (nSPS) is 18.2. The van der Waals surface area contributed by atoms with Crippen LogP contribution >= 0.6 is 0 Å². The van der Waals surface area contributed by atoms with Crippen molar-refractivity contribution in [2.24, 2.45) is 0 Å². The van der Waals surface area contributed by atoms with E-state index in [4.69, 9.17) is 9.26 Å². The summed E-state index contributed by atoms with van der Waals surface area (Å²) in [5, 5.41) is 3.91. The Balaban J connectivity index is 1.75. The first-order chi connectivity index (χ1) is 13.3. The van der Waals surface area contributed by atoms with Crippen LogP contribution in [0.2, 0.25) is 0 Å². The minimum absolute atomic E-state index is 0.0426. The molecule has 1 aromatic carbocycles. The third kappa shape index (κ3) is 4.55. The number of sulfone groups is 1.